The molecule has 1 saturated heterocycles. The van der Waals surface area contributed by atoms with Crippen LogP contribution in [0.1, 0.15) is 50.9 Å². The number of ether oxygens (including phenoxy) is 1. The van der Waals surface area contributed by atoms with Gasteiger partial charge in [-0.05, 0) is 57.9 Å². The van der Waals surface area contributed by atoms with E-state index >= 15 is 0 Å². The summed E-state index contributed by atoms with van der Waals surface area (Å²) in [4.78, 5) is 23.6. The number of aromatic nitrogens is 3. The van der Waals surface area contributed by atoms with Gasteiger partial charge in [0.1, 0.15) is 5.60 Å². The van der Waals surface area contributed by atoms with Crippen molar-refractivity contribution in [2.45, 2.75) is 56.6 Å². The highest BCUT2D eigenvalue weighted by Gasteiger charge is 2.28. The molecule has 0 saturated carbocycles. The van der Waals surface area contributed by atoms with Crippen LogP contribution >= 0.6 is 0 Å². The van der Waals surface area contributed by atoms with Crippen LogP contribution in [-0.4, -0.2) is 58.9 Å². The zero-order valence-corrected chi connectivity index (χ0v) is 20.3. The molecule has 0 spiro atoms. The van der Waals surface area contributed by atoms with Crippen LogP contribution in [0.25, 0.3) is 10.9 Å². The summed E-state index contributed by atoms with van der Waals surface area (Å²) in [5, 5.41) is 0.874. The fraction of sp³-hybridized carbons (Fsp3) is 0.458. The van der Waals surface area contributed by atoms with Gasteiger partial charge in [0.15, 0.2) is 9.84 Å². The van der Waals surface area contributed by atoms with Crippen LogP contribution in [0.15, 0.2) is 47.8 Å². The molecule has 1 aliphatic heterocycles. The topological polar surface area (TPSA) is 94.4 Å². The third-order valence-electron chi connectivity index (χ3n) is 5.79. The molecule has 176 valence electrons. The Morgan fingerprint density at radius 3 is 2.45 bits per heavy atom. The van der Waals surface area contributed by atoms with Gasteiger partial charge in [0.25, 0.3) is 0 Å². The number of hydrogen-bond donors (Lipinski definition) is 0. The molecule has 0 aliphatic carbocycles. The predicted molar refractivity (Wildman–Crippen MR) is 126 cm³/mol. The van der Waals surface area contributed by atoms with Crippen molar-refractivity contribution in [3.63, 3.8) is 0 Å². The van der Waals surface area contributed by atoms with Gasteiger partial charge >= 0.3 is 6.09 Å². The van der Waals surface area contributed by atoms with Gasteiger partial charge in [-0.3, -0.25) is 9.97 Å². The van der Waals surface area contributed by atoms with Crippen molar-refractivity contribution in [3.8, 4) is 0 Å². The first-order chi connectivity index (χ1) is 15.5. The number of carbonyl (C=O) groups is 1. The number of sulfone groups is 1. The summed E-state index contributed by atoms with van der Waals surface area (Å²) < 4.78 is 31.1. The maximum Gasteiger partial charge on any atom is 0.410 e. The molecule has 1 amide bonds. The Balaban J connectivity index is 1.39. The number of likely N-dealkylation sites (tertiary alicyclic amines) is 1. The summed E-state index contributed by atoms with van der Waals surface area (Å²) in [5.74, 6) is 0.270. The van der Waals surface area contributed by atoms with Gasteiger partial charge in [-0.2, -0.15) is 0 Å². The number of piperidine rings is 1. The van der Waals surface area contributed by atoms with E-state index in [1.54, 1.807) is 23.2 Å². The molecule has 3 aromatic rings. The fourth-order valence-corrected chi connectivity index (χ4v) is 4.72. The zero-order chi connectivity index (χ0) is 23.8. The number of carbonyl (C=O) groups excluding carboxylic acids is 1. The Bertz CT molecular complexity index is 1250. The second-order valence-corrected chi connectivity index (χ2v) is 11.6. The van der Waals surface area contributed by atoms with Crippen LogP contribution in [0, 0.1) is 0 Å². The van der Waals surface area contributed by atoms with Gasteiger partial charge in [-0.15, -0.1) is 0 Å². The van der Waals surface area contributed by atoms with Crippen LogP contribution in [0.2, 0.25) is 0 Å². The third-order valence-corrected chi connectivity index (χ3v) is 6.90. The number of rotatable bonds is 4. The maximum atomic E-state index is 12.3. The summed E-state index contributed by atoms with van der Waals surface area (Å²) in [5.41, 5.74) is 2.23. The minimum absolute atomic E-state index is 0.259. The molecule has 3 heterocycles. The molecular weight excluding hydrogens is 440 g/mol. The van der Waals surface area contributed by atoms with Crippen molar-refractivity contribution in [1.82, 2.24) is 19.4 Å². The molecule has 0 unspecified atom stereocenters. The van der Waals surface area contributed by atoms with E-state index in [9.17, 15) is 13.2 Å². The Morgan fingerprint density at radius 2 is 1.85 bits per heavy atom. The molecule has 8 nitrogen and oxygen atoms in total. The molecule has 0 atom stereocenters. The number of fused-ring (bicyclic) bond motifs is 1. The Hall–Kier alpha value is -2.94. The molecule has 9 heteroatoms. The summed E-state index contributed by atoms with van der Waals surface area (Å²) in [7, 11) is -3.24. The lowest BCUT2D eigenvalue weighted by Gasteiger charge is -2.33. The quantitative estimate of drug-likeness (QED) is 0.572. The number of amides is 1. The summed E-state index contributed by atoms with van der Waals surface area (Å²) in [6.07, 6.45) is 8.17. The number of benzene rings is 1. The van der Waals surface area contributed by atoms with E-state index in [1.165, 1.54) is 6.26 Å². The molecule has 33 heavy (non-hydrogen) atoms. The molecule has 0 radical (unpaired) electrons. The Labute approximate surface area is 194 Å². The number of hydrogen-bond acceptors (Lipinski definition) is 6. The SMILES string of the molecule is CC(C)(C)OC(=O)N1CCC(c2cnc(Cn3ccc4cc(S(C)(=O)=O)ccc43)cn2)CC1. The Morgan fingerprint density at radius 1 is 1.12 bits per heavy atom. The molecule has 2 aromatic heterocycles. The number of nitrogens with zero attached hydrogens (tertiary/aromatic N) is 4. The van der Waals surface area contributed by atoms with Crippen molar-refractivity contribution < 1.29 is 17.9 Å². The molecule has 1 fully saturated rings. The largest absolute Gasteiger partial charge is 0.444 e. The van der Waals surface area contributed by atoms with Crippen LogP contribution in [-0.2, 0) is 21.1 Å². The van der Waals surface area contributed by atoms with Crippen molar-refractivity contribution in [3.05, 3.63) is 54.2 Å². The van der Waals surface area contributed by atoms with Gasteiger partial charge in [-0.25, -0.2) is 13.2 Å². The molecule has 1 aliphatic rings. The lowest BCUT2D eigenvalue weighted by molar-refractivity contribution is 0.0204. The lowest BCUT2D eigenvalue weighted by Crippen LogP contribution is -2.41. The molecule has 1 aromatic carbocycles. The van der Waals surface area contributed by atoms with E-state index < -0.39 is 15.4 Å². The third kappa shape index (κ3) is 5.52. The van der Waals surface area contributed by atoms with Crippen molar-refractivity contribution in [1.29, 1.82) is 0 Å². The molecule has 0 bridgehead atoms. The summed E-state index contributed by atoms with van der Waals surface area (Å²) in [6.45, 7) is 7.46. The van der Waals surface area contributed by atoms with E-state index in [-0.39, 0.29) is 12.0 Å². The van der Waals surface area contributed by atoms with E-state index in [0.29, 0.717) is 24.5 Å². The van der Waals surface area contributed by atoms with Crippen molar-refractivity contribution in [2.24, 2.45) is 0 Å². The lowest BCUT2D eigenvalue weighted by atomic mass is 9.94. The van der Waals surface area contributed by atoms with E-state index in [0.717, 1.165) is 35.1 Å². The minimum atomic E-state index is -3.24. The first kappa shape index (κ1) is 23.2. The van der Waals surface area contributed by atoms with Gasteiger partial charge in [0, 0.05) is 48.6 Å². The van der Waals surface area contributed by atoms with E-state index in [1.807, 2.05) is 49.9 Å². The second kappa shape index (κ2) is 8.78. The highest BCUT2D eigenvalue weighted by molar-refractivity contribution is 7.90. The minimum Gasteiger partial charge on any atom is -0.444 e. The van der Waals surface area contributed by atoms with E-state index in [4.69, 9.17) is 4.74 Å². The van der Waals surface area contributed by atoms with Crippen LogP contribution < -0.4 is 0 Å². The Kier molecular flexibility index (Phi) is 6.18. The maximum absolute atomic E-state index is 12.3. The van der Waals surface area contributed by atoms with E-state index in [2.05, 4.69) is 9.97 Å². The summed E-state index contributed by atoms with van der Waals surface area (Å²) in [6, 6.07) is 7.06. The van der Waals surface area contributed by atoms with Crippen LogP contribution in [0.3, 0.4) is 0 Å². The zero-order valence-electron chi connectivity index (χ0n) is 19.5. The standard InChI is InChI=1S/C24H30N4O4S/c1-24(2,3)32-23(29)27-10-7-17(8-11-27)21-15-25-19(14-26-21)16-28-12-9-18-13-20(33(4,30)31)5-6-22(18)28/h5-6,9,12-15,17H,7-8,10-11,16H2,1-4H3. The molecular formula is C24H30N4O4S. The average molecular weight is 471 g/mol. The van der Waals surface area contributed by atoms with Crippen molar-refractivity contribution >= 4 is 26.8 Å². The second-order valence-electron chi connectivity index (χ2n) is 9.61. The molecule has 4 rings (SSSR count). The fourth-order valence-electron chi connectivity index (χ4n) is 4.06. The van der Waals surface area contributed by atoms with Crippen LogP contribution in [0.4, 0.5) is 4.79 Å². The van der Waals surface area contributed by atoms with Crippen molar-refractivity contribution in [2.75, 3.05) is 19.3 Å². The monoisotopic (exact) mass is 470 g/mol. The van der Waals surface area contributed by atoms with Gasteiger partial charge in [-0.1, -0.05) is 0 Å². The van der Waals surface area contributed by atoms with Gasteiger partial charge in [0.2, 0.25) is 0 Å². The summed E-state index contributed by atoms with van der Waals surface area (Å²) >= 11 is 0. The molecule has 0 N–H and O–H groups in total. The van der Waals surface area contributed by atoms with Gasteiger partial charge in [0.05, 0.1) is 29.0 Å². The highest BCUT2D eigenvalue weighted by Crippen LogP contribution is 2.27. The first-order valence-electron chi connectivity index (χ1n) is 11.1. The normalized spacial score (nSPS) is 15.7. The highest BCUT2D eigenvalue weighted by atomic mass is 32.2. The average Bonchev–Trinajstić information content (AvgIpc) is 3.15. The van der Waals surface area contributed by atoms with Gasteiger partial charge < -0.3 is 14.2 Å². The smallest absolute Gasteiger partial charge is 0.410 e. The first-order valence-corrected chi connectivity index (χ1v) is 13.0. The predicted octanol–water partition coefficient (Wildman–Crippen LogP) is 4.00. The van der Waals surface area contributed by atoms with Crippen LogP contribution in [0.5, 0.6) is 0 Å².